The van der Waals surface area contributed by atoms with Crippen molar-refractivity contribution >= 4 is 28.3 Å². The van der Waals surface area contributed by atoms with Crippen molar-refractivity contribution in [2.75, 3.05) is 18.5 Å². The summed E-state index contributed by atoms with van der Waals surface area (Å²) in [6.45, 7) is 5.02. The second kappa shape index (κ2) is 7.29. The summed E-state index contributed by atoms with van der Waals surface area (Å²) < 4.78 is 12.9. The van der Waals surface area contributed by atoms with Gasteiger partial charge in [0.25, 0.3) is 0 Å². The molecule has 0 unspecified atom stereocenters. The van der Waals surface area contributed by atoms with E-state index in [9.17, 15) is 4.79 Å². The number of amides is 1. The predicted octanol–water partition coefficient (Wildman–Crippen LogP) is 3.24. The van der Waals surface area contributed by atoms with E-state index in [-0.39, 0.29) is 5.91 Å². The molecule has 0 aliphatic carbocycles. The van der Waals surface area contributed by atoms with Crippen molar-refractivity contribution in [2.24, 2.45) is 0 Å². The molecule has 1 aliphatic heterocycles. The minimum atomic E-state index is -0.0714. The van der Waals surface area contributed by atoms with Crippen molar-refractivity contribution in [3.8, 4) is 11.5 Å². The zero-order valence-corrected chi connectivity index (χ0v) is 16.8. The molecule has 0 saturated carbocycles. The van der Waals surface area contributed by atoms with Crippen LogP contribution >= 0.6 is 0 Å². The normalized spacial score (nSPS) is 13.0. The van der Waals surface area contributed by atoms with Gasteiger partial charge < -0.3 is 14.8 Å². The largest absolute Gasteiger partial charge is 0.486 e. The van der Waals surface area contributed by atoms with Gasteiger partial charge in [-0.25, -0.2) is 14.5 Å². The van der Waals surface area contributed by atoms with Gasteiger partial charge in [0.2, 0.25) is 5.91 Å². The fraction of sp³-hybridized carbons (Fsp3) is 0.273. The Bertz CT molecular complexity index is 1280. The third-order valence-electron chi connectivity index (χ3n) is 5.32. The average Bonchev–Trinajstić information content (AvgIpc) is 3.12. The van der Waals surface area contributed by atoms with Crippen LogP contribution in [0.15, 0.2) is 36.5 Å². The Balaban J connectivity index is 1.34. The third-order valence-corrected chi connectivity index (χ3v) is 5.32. The number of hydrogen-bond donors (Lipinski definition) is 1. The maximum absolute atomic E-state index is 12.5. The molecule has 3 aromatic heterocycles. The number of carbonyl (C=O) groups excluding carboxylic acids is 1. The highest BCUT2D eigenvalue weighted by Crippen LogP contribution is 2.32. The number of nitrogens with one attached hydrogen (secondary N) is 1. The Hall–Kier alpha value is -3.68. The molecule has 152 valence electrons. The summed E-state index contributed by atoms with van der Waals surface area (Å²) in [7, 11) is 0. The third kappa shape index (κ3) is 3.20. The van der Waals surface area contributed by atoms with Crippen LogP contribution in [0.5, 0.6) is 11.5 Å². The Morgan fingerprint density at radius 2 is 2.00 bits per heavy atom. The number of fused-ring (bicyclic) bond motifs is 4. The smallest absolute Gasteiger partial charge is 0.224 e. The zero-order valence-electron chi connectivity index (χ0n) is 16.8. The summed E-state index contributed by atoms with van der Waals surface area (Å²) in [6, 6.07) is 9.27. The summed E-state index contributed by atoms with van der Waals surface area (Å²) >= 11 is 0. The van der Waals surface area contributed by atoms with E-state index in [4.69, 9.17) is 14.5 Å². The topological polar surface area (TPSA) is 90.6 Å². The lowest BCUT2D eigenvalue weighted by Gasteiger charge is -2.19. The molecule has 30 heavy (non-hydrogen) atoms. The number of nitrogens with zero attached hydrogens (tertiary/aromatic N) is 4. The predicted molar refractivity (Wildman–Crippen MR) is 112 cm³/mol. The Morgan fingerprint density at radius 3 is 2.87 bits per heavy atom. The lowest BCUT2D eigenvalue weighted by Crippen LogP contribution is -2.17. The van der Waals surface area contributed by atoms with Crippen LogP contribution in [-0.4, -0.2) is 38.7 Å². The second-order valence-corrected chi connectivity index (χ2v) is 7.28. The van der Waals surface area contributed by atoms with Crippen molar-refractivity contribution < 1.29 is 14.3 Å². The Labute approximate surface area is 172 Å². The SMILES string of the molecule is Cc1nc2c3cccnc3nn2c(C)c1CCC(=O)Nc1ccc2c(c1)OCCO2. The average molecular weight is 403 g/mol. The van der Waals surface area contributed by atoms with Crippen molar-refractivity contribution in [1.29, 1.82) is 0 Å². The summed E-state index contributed by atoms with van der Waals surface area (Å²) in [6.07, 6.45) is 2.63. The molecule has 4 aromatic rings. The molecule has 8 nitrogen and oxygen atoms in total. The van der Waals surface area contributed by atoms with E-state index in [2.05, 4.69) is 15.4 Å². The van der Waals surface area contributed by atoms with Gasteiger partial charge in [0.05, 0.1) is 5.39 Å². The molecular weight excluding hydrogens is 382 g/mol. The van der Waals surface area contributed by atoms with Crippen LogP contribution in [-0.2, 0) is 11.2 Å². The number of pyridine rings is 1. The van der Waals surface area contributed by atoms with E-state index in [0.717, 1.165) is 28.0 Å². The van der Waals surface area contributed by atoms with Crippen LogP contribution in [0.1, 0.15) is 23.4 Å². The lowest BCUT2D eigenvalue weighted by atomic mass is 10.1. The van der Waals surface area contributed by atoms with Gasteiger partial charge in [-0.1, -0.05) is 0 Å². The number of benzene rings is 1. The number of aromatic nitrogens is 4. The first-order valence-electron chi connectivity index (χ1n) is 9.89. The molecule has 1 aromatic carbocycles. The minimum Gasteiger partial charge on any atom is -0.486 e. The molecule has 0 saturated heterocycles. The fourth-order valence-electron chi connectivity index (χ4n) is 3.81. The molecule has 1 aliphatic rings. The second-order valence-electron chi connectivity index (χ2n) is 7.28. The maximum Gasteiger partial charge on any atom is 0.224 e. The number of rotatable bonds is 4. The van der Waals surface area contributed by atoms with Gasteiger partial charge in [-0.3, -0.25) is 4.79 Å². The van der Waals surface area contributed by atoms with E-state index in [1.165, 1.54) is 0 Å². The highest BCUT2D eigenvalue weighted by molar-refractivity contribution is 5.91. The van der Waals surface area contributed by atoms with Gasteiger partial charge in [-0.05, 0) is 50.1 Å². The van der Waals surface area contributed by atoms with Crippen molar-refractivity contribution in [1.82, 2.24) is 19.6 Å². The number of ether oxygens (including phenoxy) is 2. The fourth-order valence-corrected chi connectivity index (χ4v) is 3.81. The van der Waals surface area contributed by atoms with Crippen LogP contribution < -0.4 is 14.8 Å². The maximum atomic E-state index is 12.5. The van der Waals surface area contributed by atoms with Crippen molar-refractivity contribution in [3.05, 3.63) is 53.5 Å². The molecule has 0 atom stereocenters. The quantitative estimate of drug-likeness (QED) is 0.563. The van der Waals surface area contributed by atoms with E-state index in [0.29, 0.717) is 48.9 Å². The van der Waals surface area contributed by atoms with Crippen LogP contribution in [0.25, 0.3) is 16.7 Å². The van der Waals surface area contributed by atoms with Crippen LogP contribution in [0.3, 0.4) is 0 Å². The van der Waals surface area contributed by atoms with E-state index in [1.54, 1.807) is 12.3 Å². The number of aryl methyl sites for hydroxylation is 2. The number of hydrogen-bond acceptors (Lipinski definition) is 6. The molecule has 1 N–H and O–H groups in total. The highest BCUT2D eigenvalue weighted by Gasteiger charge is 2.16. The van der Waals surface area contributed by atoms with Gasteiger partial charge in [-0.15, -0.1) is 5.10 Å². The molecule has 8 heteroatoms. The molecule has 5 rings (SSSR count). The van der Waals surface area contributed by atoms with Crippen LogP contribution in [0.4, 0.5) is 5.69 Å². The molecule has 0 fully saturated rings. The van der Waals surface area contributed by atoms with Crippen molar-refractivity contribution in [2.45, 2.75) is 26.7 Å². The summed E-state index contributed by atoms with van der Waals surface area (Å²) in [5, 5.41) is 8.42. The van der Waals surface area contributed by atoms with Crippen LogP contribution in [0, 0.1) is 13.8 Å². The summed E-state index contributed by atoms with van der Waals surface area (Å²) in [5.41, 5.74) is 5.04. The van der Waals surface area contributed by atoms with Gasteiger partial charge in [0.1, 0.15) is 13.2 Å². The molecule has 4 heterocycles. The van der Waals surface area contributed by atoms with Crippen LogP contribution in [0.2, 0.25) is 0 Å². The summed E-state index contributed by atoms with van der Waals surface area (Å²) in [4.78, 5) is 21.6. The van der Waals surface area contributed by atoms with E-state index >= 15 is 0 Å². The lowest BCUT2D eigenvalue weighted by molar-refractivity contribution is -0.116. The zero-order chi connectivity index (χ0) is 20.7. The first-order chi connectivity index (χ1) is 14.6. The first-order valence-corrected chi connectivity index (χ1v) is 9.89. The first kappa shape index (κ1) is 18.4. The number of anilines is 1. The highest BCUT2D eigenvalue weighted by atomic mass is 16.6. The molecule has 0 radical (unpaired) electrons. The number of carbonyl (C=O) groups is 1. The van der Waals surface area contributed by atoms with Gasteiger partial charge in [0.15, 0.2) is 22.8 Å². The molecular formula is C22H21N5O3. The van der Waals surface area contributed by atoms with E-state index < -0.39 is 0 Å². The van der Waals surface area contributed by atoms with E-state index in [1.807, 2.05) is 42.6 Å². The molecule has 0 spiro atoms. The Kier molecular flexibility index (Phi) is 4.46. The molecule has 1 amide bonds. The minimum absolute atomic E-state index is 0.0714. The molecule has 0 bridgehead atoms. The monoisotopic (exact) mass is 403 g/mol. The van der Waals surface area contributed by atoms with Gasteiger partial charge >= 0.3 is 0 Å². The van der Waals surface area contributed by atoms with Gasteiger partial charge in [0, 0.05) is 35.8 Å². The van der Waals surface area contributed by atoms with Crippen molar-refractivity contribution in [3.63, 3.8) is 0 Å². The Morgan fingerprint density at radius 1 is 1.17 bits per heavy atom. The summed E-state index contributed by atoms with van der Waals surface area (Å²) in [5.74, 6) is 1.28. The standard InChI is InChI=1S/C22H21N5O3/c1-13-16(14(2)27-22(24-13)17-4-3-9-23-21(17)26-27)6-8-20(28)25-15-5-7-18-19(12-15)30-11-10-29-18/h3-5,7,9,12H,6,8,10-11H2,1-2H3,(H,25,28). The van der Waals surface area contributed by atoms with Gasteiger partial charge in [-0.2, -0.15) is 0 Å².